The summed E-state index contributed by atoms with van der Waals surface area (Å²) in [4.78, 5) is 12.9. The lowest BCUT2D eigenvalue weighted by Gasteiger charge is -2.14. The molecule has 0 aliphatic heterocycles. The number of likely N-dealkylation sites (N-methyl/N-ethyl adjacent to an activating group) is 1. The topological polar surface area (TPSA) is 29.5 Å². The molecule has 0 N–H and O–H groups in total. The van der Waals surface area contributed by atoms with Crippen molar-refractivity contribution in [1.82, 2.24) is 4.90 Å². The maximum Gasteiger partial charge on any atom is 0.307 e. The van der Waals surface area contributed by atoms with E-state index in [2.05, 4.69) is 0 Å². The van der Waals surface area contributed by atoms with Crippen LogP contribution in [0.15, 0.2) is 10.6 Å². The third-order valence-corrected chi connectivity index (χ3v) is 2.15. The zero-order chi connectivity index (χ0) is 11.0. The Bertz CT molecular complexity index is 207. The zero-order valence-electron chi connectivity index (χ0n) is 8.43. The summed E-state index contributed by atoms with van der Waals surface area (Å²) in [6.45, 7) is 3.36. The fraction of sp³-hybridized carbons (Fsp3) is 0.667. The van der Waals surface area contributed by atoms with Gasteiger partial charge < -0.3 is 9.64 Å². The summed E-state index contributed by atoms with van der Waals surface area (Å²) < 4.78 is 4.78. The van der Waals surface area contributed by atoms with Gasteiger partial charge in [0, 0.05) is 23.7 Å². The highest BCUT2D eigenvalue weighted by atomic mass is 35.5. The van der Waals surface area contributed by atoms with E-state index in [9.17, 15) is 4.79 Å². The van der Waals surface area contributed by atoms with Crippen molar-refractivity contribution >= 4 is 29.2 Å². The Hall–Kier alpha value is -0.250. The molecule has 14 heavy (non-hydrogen) atoms. The quantitative estimate of drug-likeness (QED) is 0.666. The van der Waals surface area contributed by atoms with E-state index in [1.165, 1.54) is 5.54 Å². The summed E-state index contributed by atoms with van der Waals surface area (Å²) >= 11 is 11.1. The third-order valence-electron chi connectivity index (χ3n) is 1.54. The smallest absolute Gasteiger partial charge is 0.307 e. The van der Waals surface area contributed by atoms with Crippen molar-refractivity contribution in [2.75, 3.05) is 26.7 Å². The molecule has 0 saturated carbocycles. The first kappa shape index (κ1) is 13.8. The summed E-state index contributed by atoms with van der Waals surface area (Å²) in [7, 11) is 1.86. The van der Waals surface area contributed by atoms with E-state index >= 15 is 0 Å². The summed E-state index contributed by atoms with van der Waals surface area (Å²) in [6.07, 6.45) is 0.372. The summed E-state index contributed by atoms with van der Waals surface area (Å²) in [6, 6.07) is 0. The van der Waals surface area contributed by atoms with Crippen LogP contribution in [0.25, 0.3) is 0 Å². The number of carbonyl (C=O) groups is 1. The molecule has 0 radical (unpaired) electrons. The minimum atomic E-state index is -0.190. The van der Waals surface area contributed by atoms with Crippen molar-refractivity contribution in [2.45, 2.75) is 13.3 Å². The lowest BCUT2D eigenvalue weighted by molar-refractivity contribution is -0.143. The van der Waals surface area contributed by atoms with Crippen LogP contribution in [0.1, 0.15) is 13.3 Å². The molecule has 0 saturated heterocycles. The minimum Gasteiger partial charge on any atom is -0.466 e. The van der Waals surface area contributed by atoms with Gasteiger partial charge in [0.2, 0.25) is 0 Å². The first-order chi connectivity index (χ1) is 6.60. The van der Waals surface area contributed by atoms with Gasteiger partial charge in [0.15, 0.2) is 0 Å². The molecule has 0 aliphatic rings. The second kappa shape index (κ2) is 8.09. The number of nitrogens with zero attached hydrogens (tertiary/aromatic N) is 1. The Morgan fingerprint density at radius 1 is 1.57 bits per heavy atom. The number of rotatable bonds is 6. The molecule has 0 rings (SSSR count). The number of hydrogen-bond acceptors (Lipinski definition) is 3. The predicted molar refractivity (Wildman–Crippen MR) is 58.5 cm³/mol. The van der Waals surface area contributed by atoms with Crippen molar-refractivity contribution in [3.05, 3.63) is 10.6 Å². The Morgan fingerprint density at radius 3 is 2.71 bits per heavy atom. The maximum absolute atomic E-state index is 11.0. The van der Waals surface area contributed by atoms with Crippen LogP contribution in [0.5, 0.6) is 0 Å². The van der Waals surface area contributed by atoms with Crippen LogP contribution in [0.3, 0.4) is 0 Å². The van der Waals surface area contributed by atoms with Gasteiger partial charge in [0.05, 0.1) is 13.0 Å². The molecule has 0 fully saturated rings. The van der Waals surface area contributed by atoms with Crippen LogP contribution in [-0.4, -0.2) is 37.6 Å². The van der Waals surface area contributed by atoms with Crippen LogP contribution >= 0.6 is 23.2 Å². The number of ether oxygens (including phenoxy) is 1. The Kier molecular flexibility index (Phi) is 7.95. The predicted octanol–water partition coefficient (Wildman–Crippen LogP) is 2.19. The van der Waals surface area contributed by atoms with Crippen LogP contribution in [0, 0.1) is 0 Å². The lowest BCUT2D eigenvalue weighted by atomic mass is 10.4. The van der Waals surface area contributed by atoms with E-state index in [1.54, 1.807) is 6.92 Å². The van der Waals surface area contributed by atoms with Crippen LogP contribution in [0.2, 0.25) is 0 Å². The molecule has 0 spiro atoms. The fourth-order valence-corrected chi connectivity index (χ4v) is 1.16. The van der Waals surface area contributed by atoms with E-state index < -0.39 is 0 Å². The highest BCUT2D eigenvalue weighted by Gasteiger charge is 2.05. The number of esters is 1. The van der Waals surface area contributed by atoms with Crippen molar-refractivity contribution < 1.29 is 9.53 Å². The van der Waals surface area contributed by atoms with Gasteiger partial charge in [0.25, 0.3) is 0 Å². The molecule has 0 aliphatic carbocycles. The Morgan fingerprint density at radius 2 is 2.21 bits per heavy atom. The molecule has 0 aromatic heterocycles. The Balaban J connectivity index is 3.63. The van der Waals surface area contributed by atoms with E-state index in [-0.39, 0.29) is 5.97 Å². The molecular formula is C9H15Cl2NO2. The SMILES string of the molecule is CCOC(=O)CCN(C)CC(Cl)=CCl. The van der Waals surface area contributed by atoms with Crippen molar-refractivity contribution in [3.8, 4) is 0 Å². The standard InChI is InChI=1S/C9H15Cl2NO2/c1-3-14-9(13)4-5-12(2)7-8(11)6-10/h6H,3-5,7H2,1-2H3. The molecule has 0 aromatic carbocycles. The molecule has 0 heterocycles. The van der Waals surface area contributed by atoms with Crippen LogP contribution in [-0.2, 0) is 9.53 Å². The Labute approximate surface area is 94.6 Å². The van der Waals surface area contributed by atoms with Gasteiger partial charge in [-0.3, -0.25) is 4.79 Å². The summed E-state index contributed by atoms with van der Waals surface area (Å²) in [5, 5.41) is 0.554. The average molecular weight is 240 g/mol. The maximum atomic E-state index is 11.0. The summed E-state index contributed by atoms with van der Waals surface area (Å²) in [5.41, 5.74) is 1.32. The van der Waals surface area contributed by atoms with Gasteiger partial charge in [-0.05, 0) is 14.0 Å². The van der Waals surface area contributed by atoms with Gasteiger partial charge in [0.1, 0.15) is 0 Å². The molecule has 0 atom stereocenters. The highest BCUT2D eigenvalue weighted by molar-refractivity contribution is 6.36. The largest absolute Gasteiger partial charge is 0.466 e. The van der Waals surface area contributed by atoms with Crippen LogP contribution in [0.4, 0.5) is 0 Å². The number of carbonyl (C=O) groups excluding carboxylic acids is 1. The molecule has 82 valence electrons. The van der Waals surface area contributed by atoms with Crippen molar-refractivity contribution in [1.29, 1.82) is 0 Å². The molecule has 0 aromatic rings. The second-order valence-electron chi connectivity index (χ2n) is 2.85. The van der Waals surface area contributed by atoms with E-state index in [0.29, 0.717) is 31.1 Å². The van der Waals surface area contributed by atoms with Gasteiger partial charge >= 0.3 is 5.97 Å². The minimum absolute atomic E-state index is 0.190. The highest BCUT2D eigenvalue weighted by Crippen LogP contribution is 2.05. The monoisotopic (exact) mass is 239 g/mol. The molecular weight excluding hydrogens is 225 g/mol. The van der Waals surface area contributed by atoms with Crippen LogP contribution < -0.4 is 0 Å². The van der Waals surface area contributed by atoms with E-state index in [0.717, 1.165) is 0 Å². The number of halogens is 2. The fourth-order valence-electron chi connectivity index (χ4n) is 0.887. The second-order valence-corrected chi connectivity index (χ2v) is 3.55. The zero-order valence-corrected chi connectivity index (χ0v) is 9.94. The van der Waals surface area contributed by atoms with Gasteiger partial charge in [-0.25, -0.2) is 0 Å². The first-order valence-electron chi connectivity index (χ1n) is 4.39. The van der Waals surface area contributed by atoms with Crippen molar-refractivity contribution in [2.24, 2.45) is 0 Å². The van der Waals surface area contributed by atoms with Gasteiger partial charge in [-0.2, -0.15) is 0 Å². The molecule has 5 heteroatoms. The molecule has 3 nitrogen and oxygen atoms in total. The average Bonchev–Trinajstić information content (AvgIpc) is 2.15. The number of hydrogen-bond donors (Lipinski definition) is 0. The van der Waals surface area contributed by atoms with Gasteiger partial charge in [-0.1, -0.05) is 23.2 Å². The lowest BCUT2D eigenvalue weighted by Crippen LogP contribution is -2.23. The van der Waals surface area contributed by atoms with Gasteiger partial charge in [-0.15, -0.1) is 0 Å². The molecule has 0 bridgehead atoms. The summed E-state index contributed by atoms with van der Waals surface area (Å²) in [5.74, 6) is -0.190. The third kappa shape index (κ3) is 7.18. The molecule has 0 amide bonds. The van der Waals surface area contributed by atoms with E-state index in [4.69, 9.17) is 27.9 Å². The van der Waals surface area contributed by atoms with E-state index in [1.807, 2.05) is 11.9 Å². The molecule has 0 unspecified atom stereocenters. The first-order valence-corrected chi connectivity index (χ1v) is 5.20. The van der Waals surface area contributed by atoms with Crippen molar-refractivity contribution in [3.63, 3.8) is 0 Å². The normalized spacial score (nSPS) is 11.9.